The second-order valence-electron chi connectivity index (χ2n) is 4.00. The first-order valence-corrected chi connectivity index (χ1v) is 5.33. The van der Waals surface area contributed by atoms with Crippen molar-refractivity contribution in [2.45, 2.75) is 39.5 Å². The lowest BCUT2D eigenvalue weighted by atomic mass is 9.95. The molecule has 0 aliphatic carbocycles. The summed E-state index contributed by atoms with van der Waals surface area (Å²) in [6, 6.07) is 2.50. The summed E-state index contributed by atoms with van der Waals surface area (Å²) in [5.41, 5.74) is 0.987. The molecule has 1 nitrogen and oxygen atoms in total. The second kappa shape index (κ2) is 4.94. The number of ether oxygens (including phenoxy) is 1. The van der Waals surface area contributed by atoms with Crippen molar-refractivity contribution < 1.29 is 22.3 Å². The maximum atomic E-state index is 13.8. The summed E-state index contributed by atoms with van der Waals surface area (Å²) < 4.78 is 53.5. The van der Waals surface area contributed by atoms with Gasteiger partial charge in [0, 0.05) is 0 Å². The van der Waals surface area contributed by atoms with E-state index in [-0.39, 0.29) is 11.5 Å². The SMILES string of the molecule is CCc1c(C(C)C)ccc(OC(F)(F)F)c1F. The van der Waals surface area contributed by atoms with Crippen LogP contribution in [-0.2, 0) is 6.42 Å². The summed E-state index contributed by atoms with van der Waals surface area (Å²) in [5, 5.41) is 0. The maximum Gasteiger partial charge on any atom is 0.573 e. The lowest BCUT2D eigenvalue weighted by Crippen LogP contribution is -2.18. The van der Waals surface area contributed by atoms with Gasteiger partial charge in [-0.25, -0.2) is 4.39 Å². The minimum absolute atomic E-state index is 0.0550. The number of rotatable bonds is 3. The molecule has 0 atom stereocenters. The molecule has 1 rings (SSSR count). The van der Waals surface area contributed by atoms with Crippen LogP contribution in [0.3, 0.4) is 0 Å². The van der Waals surface area contributed by atoms with Crippen molar-refractivity contribution in [3.8, 4) is 5.75 Å². The van der Waals surface area contributed by atoms with Crippen molar-refractivity contribution in [3.05, 3.63) is 29.1 Å². The Kier molecular flexibility index (Phi) is 4.01. The Morgan fingerprint density at radius 1 is 1.24 bits per heavy atom. The Bertz CT molecular complexity index is 396. The fraction of sp³-hybridized carbons (Fsp3) is 0.500. The normalized spacial score (nSPS) is 12.0. The molecule has 0 saturated heterocycles. The van der Waals surface area contributed by atoms with E-state index in [9.17, 15) is 17.6 Å². The Balaban J connectivity index is 3.20. The zero-order valence-corrected chi connectivity index (χ0v) is 9.86. The standard InChI is InChI=1S/C12H14F4O/c1-4-8-9(7(2)3)5-6-10(11(8)13)17-12(14,15)16/h5-7H,4H2,1-3H3. The summed E-state index contributed by atoms with van der Waals surface area (Å²) in [6.07, 6.45) is -4.54. The van der Waals surface area contributed by atoms with Gasteiger partial charge in [0.2, 0.25) is 0 Å². The Labute approximate surface area is 97.4 Å². The van der Waals surface area contributed by atoms with Crippen molar-refractivity contribution in [2.24, 2.45) is 0 Å². The molecule has 0 fully saturated rings. The van der Waals surface area contributed by atoms with E-state index < -0.39 is 17.9 Å². The van der Waals surface area contributed by atoms with E-state index in [0.29, 0.717) is 12.0 Å². The molecule has 0 aromatic heterocycles. The van der Waals surface area contributed by atoms with Gasteiger partial charge in [0.1, 0.15) is 0 Å². The fourth-order valence-corrected chi connectivity index (χ4v) is 1.72. The van der Waals surface area contributed by atoms with Gasteiger partial charge in [-0.15, -0.1) is 13.2 Å². The molecule has 0 heterocycles. The van der Waals surface area contributed by atoms with Crippen LogP contribution in [0.15, 0.2) is 12.1 Å². The monoisotopic (exact) mass is 250 g/mol. The molecule has 1 aromatic rings. The van der Waals surface area contributed by atoms with Crippen LogP contribution in [0, 0.1) is 5.82 Å². The van der Waals surface area contributed by atoms with Crippen LogP contribution in [0.1, 0.15) is 37.8 Å². The number of hydrogen-bond acceptors (Lipinski definition) is 1. The highest BCUT2D eigenvalue weighted by Gasteiger charge is 2.33. The molecule has 1 aromatic carbocycles. The molecule has 0 radical (unpaired) electrons. The van der Waals surface area contributed by atoms with Crippen molar-refractivity contribution in [1.82, 2.24) is 0 Å². The molecule has 0 bridgehead atoms. The first-order chi connectivity index (χ1) is 7.76. The van der Waals surface area contributed by atoms with Gasteiger partial charge in [-0.05, 0) is 29.5 Å². The first-order valence-electron chi connectivity index (χ1n) is 5.33. The Morgan fingerprint density at radius 3 is 2.24 bits per heavy atom. The van der Waals surface area contributed by atoms with Gasteiger partial charge in [-0.1, -0.05) is 26.8 Å². The molecule has 17 heavy (non-hydrogen) atoms. The van der Waals surface area contributed by atoms with Gasteiger partial charge in [0.05, 0.1) is 0 Å². The molecule has 0 spiro atoms. The third kappa shape index (κ3) is 3.35. The van der Waals surface area contributed by atoms with Gasteiger partial charge in [0.25, 0.3) is 0 Å². The van der Waals surface area contributed by atoms with Crippen molar-refractivity contribution in [1.29, 1.82) is 0 Å². The van der Waals surface area contributed by atoms with E-state index in [1.54, 1.807) is 6.92 Å². The van der Waals surface area contributed by atoms with Gasteiger partial charge in [0.15, 0.2) is 11.6 Å². The van der Waals surface area contributed by atoms with Crippen LogP contribution in [0.25, 0.3) is 0 Å². The van der Waals surface area contributed by atoms with Crippen LogP contribution >= 0.6 is 0 Å². The lowest BCUT2D eigenvalue weighted by Gasteiger charge is -2.16. The molecule has 0 aliphatic heterocycles. The molecule has 0 aliphatic rings. The third-order valence-corrected chi connectivity index (χ3v) is 2.45. The number of hydrogen-bond donors (Lipinski definition) is 0. The highest BCUT2D eigenvalue weighted by molar-refractivity contribution is 5.39. The van der Waals surface area contributed by atoms with E-state index in [1.165, 1.54) is 6.07 Å². The topological polar surface area (TPSA) is 9.23 Å². The molecular weight excluding hydrogens is 236 g/mol. The molecular formula is C12H14F4O. The molecule has 0 unspecified atom stereocenters. The lowest BCUT2D eigenvalue weighted by molar-refractivity contribution is -0.275. The van der Waals surface area contributed by atoms with Crippen molar-refractivity contribution in [3.63, 3.8) is 0 Å². The maximum absolute atomic E-state index is 13.8. The zero-order chi connectivity index (χ0) is 13.2. The molecule has 0 amide bonds. The largest absolute Gasteiger partial charge is 0.573 e. The average molecular weight is 250 g/mol. The van der Waals surface area contributed by atoms with E-state index in [1.807, 2.05) is 13.8 Å². The Hall–Kier alpha value is -1.26. The first kappa shape index (κ1) is 13.8. The molecule has 0 N–H and O–H groups in total. The van der Waals surface area contributed by atoms with Crippen LogP contribution in [0.4, 0.5) is 17.6 Å². The van der Waals surface area contributed by atoms with Crippen molar-refractivity contribution >= 4 is 0 Å². The summed E-state index contributed by atoms with van der Waals surface area (Å²) in [4.78, 5) is 0. The summed E-state index contributed by atoms with van der Waals surface area (Å²) in [5.74, 6) is -1.63. The quantitative estimate of drug-likeness (QED) is 0.722. The zero-order valence-electron chi connectivity index (χ0n) is 9.86. The average Bonchev–Trinajstić information content (AvgIpc) is 2.18. The fourth-order valence-electron chi connectivity index (χ4n) is 1.72. The van der Waals surface area contributed by atoms with E-state index >= 15 is 0 Å². The third-order valence-electron chi connectivity index (χ3n) is 2.45. The second-order valence-corrected chi connectivity index (χ2v) is 4.00. The molecule has 5 heteroatoms. The van der Waals surface area contributed by atoms with E-state index in [4.69, 9.17) is 0 Å². The Morgan fingerprint density at radius 2 is 1.82 bits per heavy atom. The minimum Gasteiger partial charge on any atom is -0.403 e. The number of halogens is 4. The van der Waals surface area contributed by atoms with E-state index in [2.05, 4.69) is 4.74 Å². The summed E-state index contributed by atoms with van der Waals surface area (Å²) in [7, 11) is 0. The van der Waals surface area contributed by atoms with Crippen LogP contribution in [0.5, 0.6) is 5.75 Å². The van der Waals surface area contributed by atoms with E-state index in [0.717, 1.165) is 6.07 Å². The van der Waals surface area contributed by atoms with Gasteiger partial charge < -0.3 is 4.74 Å². The van der Waals surface area contributed by atoms with Crippen LogP contribution < -0.4 is 4.74 Å². The predicted molar refractivity (Wildman–Crippen MR) is 56.6 cm³/mol. The number of alkyl halides is 3. The minimum atomic E-state index is -4.87. The molecule has 96 valence electrons. The smallest absolute Gasteiger partial charge is 0.403 e. The van der Waals surface area contributed by atoms with Crippen LogP contribution in [-0.4, -0.2) is 6.36 Å². The predicted octanol–water partition coefficient (Wildman–Crippen LogP) is 4.41. The summed E-state index contributed by atoms with van der Waals surface area (Å²) in [6.45, 7) is 5.41. The van der Waals surface area contributed by atoms with Gasteiger partial charge in [-0.3, -0.25) is 0 Å². The molecule has 0 saturated carbocycles. The summed E-state index contributed by atoms with van der Waals surface area (Å²) >= 11 is 0. The highest BCUT2D eigenvalue weighted by Crippen LogP contribution is 2.32. The van der Waals surface area contributed by atoms with Gasteiger partial charge >= 0.3 is 6.36 Å². The van der Waals surface area contributed by atoms with Crippen molar-refractivity contribution in [2.75, 3.05) is 0 Å². The van der Waals surface area contributed by atoms with Gasteiger partial charge in [-0.2, -0.15) is 0 Å². The van der Waals surface area contributed by atoms with Crippen LogP contribution in [0.2, 0.25) is 0 Å². The number of benzene rings is 1. The highest BCUT2D eigenvalue weighted by atomic mass is 19.4.